The minimum Gasteiger partial charge on any atom is -0.328 e. The van der Waals surface area contributed by atoms with E-state index in [1.54, 1.807) is 17.5 Å². The molecular weight excluding hydrogens is 182 g/mol. The molecule has 1 unspecified atom stereocenters. The van der Waals surface area contributed by atoms with Gasteiger partial charge in [-0.2, -0.15) is 0 Å². The van der Waals surface area contributed by atoms with Crippen LogP contribution in [0.4, 0.5) is 0 Å². The molecule has 0 aliphatic rings. The molecule has 0 aliphatic heterocycles. The number of rotatable bonds is 2. The second-order valence-electron chi connectivity index (χ2n) is 3.12. The van der Waals surface area contributed by atoms with E-state index in [1.165, 1.54) is 0 Å². The molecule has 0 aliphatic carbocycles. The van der Waals surface area contributed by atoms with E-state index in [0.717, 1.165) is 21.8 Å². The molecule has 2 aromatic rings. The molecule has 0 saturated heterocycles. The van der Waals surface area contributed by atoms with Gasteiger partial charge in [-0.3, -0.25) is 0 Å². The lowest BCUT2D eigenvalue weighted by Gasteiger charge is -1.98. The topological polar surface area (TPSA) is 51.8 Å². The first-order valence-electron chi connectivity index (χ1n) is 4.22. The zero-order valence-electron chi connectivity index (χ0n) is 7.40. The molecule has 3 nitrogen and oxygen atoms in total. The molecule has 0 radical (unpaired) electrons. The Kier molecular flexibility index (Phi) is 2.24. The average Bonchev–Trinajstić information content (AvgIpc) is 2.44. The number of nitrogens with zero attached hydrogens (tertiary/aromatic N) is 2. The number of hydrogen-bond donors (Lipinski definition) is 1. The minimum atomic E-state index is 0.167. The first-order chi connectivity index (χ1) is 6.25. The summed E-state index contributed by atoms with van der Waals surface area (Å²) in [6.07, 6.45) is 2.62. The molecule has 1 atom stereocenters. The van der Waals surface area contributed by atoms with E-state index in [2.05, 4.69) is 9.97 Å². The quantitative estimate of drug-likeness (QED) is 0.787. The summed E-state index contributed by atoms with van der Waals surface area (Å²) in [5.74, 6) is 0. The van der Waals surface area contributed by atoms with Crippen LogP contribution in [-0.2, 0) is 6.42 Å². The maximum atomic E-state index is 5.69. The van der Waals surface area contributed by atoms with Crippen LogP contribution in [0.25, 0.3) is 10.3 Å². The maximum absolute atomic E-state index is 5.69. The predicted molar refractivity (Wildman–Crippen MR) is 54.8 cm³/mol. The standard InChI is InChI=1S/C9H11N3S/c1-6(10)5-8-12-7-3-2-4-11-9(7)13-8/h2-4,6H,5,10H2,1H3. The molecule has 0 saturated carbocycles. The summed E-state index contributed by atoms with van der Waals surface area (Å²) in [6, 6.07) is 4.04. The number of nitrogens with two attached hydrogens (primary N) is 1. The summed E-state index contributed by atoms with van der Waals surface area (Å²) >= 11 is 1.62. The smallest absolute Gasteiger partial charge is 0.143 e. The Balaban J connectivity index is 2.38. The van der Waals surface area contributed by atoms with Gasteiger partial charge in [-0.15, -0.1) is 0 Å². The monoisotopic (exact) mass is 193 g/mol. The lowest BCUT2D eigenvalue weighted by Crippen LogP contribution is -2.17. The number of thiazole rings is 1. The van der Waals surface area contributed by atoms with Gasteiger partial charge >= 0.3 is 0 Å². The van der Waals surface area contributed by atoms with E-state index in [1.807, 2.05) is 19.1 Å². The zero-order valence-corrected chi connectivity index (χ0v) is 8.21. The Morgan fingerprint density at radius 1 is 1.62 bits per heavy atom. The number of fused-ring (bicyclic) bond motifs is 1. The molecular formula is C9H11N3S. The van der Waals surface area contributed by atoms with Gasteiger partial charge in [-0.1, -0.05) is 11.3 Å². The van der Waals surface area contributed by atoms with Gasteiger partial charge in [0, 0.05) is 18.7 Å². The second kappa shape index (κ2) is 3.40. The van der Waals surface area contributed by atoms with Crippen LogP contribution in [0.3, 0.4) is 0 Å². The molecule has 0 aromatic carbocycles. The van der Waals surface area contributed by atoms with E-state index >= 15 is 0 Å². The highest BCUT2D eigenvalue weighted by molar-refractivity contribution is 7.18. The van der Waals surface area contributed by atoms with Crippen LogP contribution in [0.5, 0.6) is 0 Å². The minimum absolute atomic E-state index is 0.167. The Labute approximate surface area is 80.6 Å². The van der Waals surface area contributed by atoms with E-state index < -0.39 is 0 Å². The van der Waals surface area contributed by atoms with Crippen LogP contribution in [0.2, 0.25) is 0 Å². The average molecular weight is 193 g/mol. The summed E-state index contributed by atoms with van der Waals surface area (Å²) in [7, 11) is 0. The van der Waals surface area contributed by atoms with Crippen LogP contribution >= 0.6 is 11.3 Å². The molecule has 0 fully saturated rings. The summed E-state index contributed by atoms with van der Waals surface area (Å²) in [4.78, 5) is 9.65. The van der Waals surface area contributed by atoms with E-state index in [4.69, 9.17) is 5.73 Å². The van der Waals surface area contributed by atoms with Crippen molar-refractivity contribution in [2.75, 3.05) is 0 Å². The summed E-state index contributed by atoms with van der Waals surface area (Å²) in [6.45, 7) is 1.99. The van der Waals surface area contributed by atoms with Crippen LogP contribution in [0.15, 0.2) is 18.3 Å². The van der Waals surface area contributed by atoms with Crippen molar-refractivity contribution in [2.24, 2.45) is 5.73 Å². The third-order valence-corrected chi connectivity index (χ3v) is 2.71. The predicted octanol–water partition coefficient (Wildman–Crippen LogP) is 1.58. The highest BCUT2D eigenvalue weighted by Gasteiger charge is 2.05. The molecule has 2 N–H and O–H groups in total. The van der Waals surface area contributed by atoms with Gasteiger partial charge in [-0.25, -0.2) is 9.97 Å². The Bertz CT molecular complexity index is 375. The first kappa shape index (κ1) is 8.59. The van der Waals surface area contributed by atoms with Crippen molar-refractivity contribution in [2.45, 2.75) is 19.4 Å². The molecule has 2 aromatic heterocycles. The van der Waals surface area contributed by atoms with Crippen molar-refractivity contribution < 1.29 is 0 Å². The maximum Gasteiger partial charge on any atom is 0.143 e. The van der Waals surface area contributed by atoms with Gasteiger partial charge in [0.25, 0.3) is 0 Å². The van der Waals surface area contributed by atoms with Gasteiger partial charge in [0.2, 0.25) is 0 Å². The van der Waals surface area contributed by atoms with Crippen molar-refractivity contribution in [1.82, 2.24) is 9.97 Å². The fraction of sp³-hybridized carbons (Fsp3) is 0.333. The fourth-order valence-corrected chi connectivity index (χ4v) is 2.22. The van der Waals surface area contributed by atoms with Gasteiger partial charge in [0.15, 0.2) is 0 Å². The van der Waals surface area contributed by atoms with Crippen molar-refractivity contribution in [3.63, 3.8) is 0 Å². The van der Waals surface area contributed by atoms with Crippen molar-refractivity contribution >= 4 is 21.7 Å². The molecule has 0 spiro atoms. The molecule has 13 heavy (non-hydrogen) atoms. The largest absolute Gasteiger partial charge is 0.328 e. The number of hydrogen-bond acceptors (Lipinski definition) is 4. The number of pyridine rings is 1. The third kappa shape index (κ3) is 1.84. The van der Waals surface area contributed by atoms with Gasteiger partial charge in [0.05, 0.1) is 5.01 Å². The van der Waals surface area contributed by atoms with Gasteiger partial charge in [-0.05, 0) is 19.1 Å². The van der Waals surface area contributed by atoms with E-state index in [-0.39, 0.29) is 6.04 Å². The SMILES string of the molecule is CC(N)Cc1nc2cccnc2s1. The van der Waals surface area contributed by atoms with Crippen LogP contribution in [0, 0.1) is 0 Å². The molecule has 0 bridgehead atoms. The highest BCUT2D eigenvalue weighted by atomic mass is 32.1. The Morgan fingerprint density at radius 2 is 2.46 bits per heavy atom. The van der Waals surface area contributed by atoms with Crippen molar-refractivity contribution in [3.05, 3.63) is 23.3 Å². The molecule has 2 rings (SSSR count). The van der Waals surface area contributed by atoms with Gasteiger partial charge < -0.3 is 5.73 Å². The summed E-state index contributed by atoms with van der Waals surface area (Å²) in [5, 5.41) is 1.07. The molecule has 2 heterocycles. The van der Waals surface area contributed by atoms with Gasteiger partial charge in [0.1, 0.15) is 10.3 Å². The fourth-order valence-electron chi connectivity index (χ4n) is 1.18. The first-order valence-corrected chi connectivity index (χ1v) is 5.03. The summed E-state index contributed by atoms with van der Waals surface area (Å²) < 4.78 is 0. The van der Waals surface area contributed by atoms with E-state index in [9.17, 15) is 0 Å². The van der Waals surface area contributed by atoms with Crippen molar-refractivity contribution in [1.29, 1.82) is 0 Å². The Hall–Kier alpha value is -1.00. The van der Waals surface area contributed by atoms with Crippen LogP contribution in [-0.4, -0.2) is 16.0 Å². The highest BCUT2D eigenvalue weighted by Crippen LogP contribution is 2.19. The number of aromatic nitrogens is 2. The third-order valence-electron chi connectivity index (χ3n) is 1.71. The normalized spacial score (nSPS) is 13.4. The van der Waals surface area contributed by atoms with E-state index in [0.29, 0.717) is 0 Å². The molecule has 4 heteroatoms. The Morgan fingerprint density at radius 3 is 3.15 bits per heavy atom. The second-order valence-corrected chi connectivity index (χ2v) is 4.18. The van der Waals surface area contributed by atoms with Crippen LogP contribution < -0.4 is 5.73 Å². The molecule has 0 amide bonds. The van der Waals surface area contributed by atoms with Crippen molar-refractivity contribution in [3.8, 4) is 0 Å². The zero-order chi connectivity index (χ0) is 9.26. The summed E-state index contributed by atoms with van der Waals surface area (Å²) in [5.41, 5.74) is 6.67. The van der Waals surface area contributed by atoms with Crippen LogP contribution in [0.1, 0.15) is 11.9 Å². The molecule has 68 valence electrons. The lowest BCUT2D eigenvalue weighted by molar-refractivity contribution is 0.735. The lowest BCUT2D eigenvalue weighted by atomic mass is 10.3.